The molecule has 1 atom stereocenters. The molecule has 7 nitrogen and oxygen atoms in total. The maximum atomic E-state index is 12.0. The number of rotatable bonds is 5. The second kappa shape index (κ2) is 6.17. The van der Waals surface area contributed by atoms with Gasteiger partial charge in [0.2, 0.25) is 5.91 Å². The van der Waals surface area contributed by atoms with Crippen molar-refractivity contribution in [3.8, 4) is 0 Å². The van der Waals surface area contributed by atoms with E-state index in [1.807, 2.05) is 37.3 Å². The van der Waals surface area contributed by atoms with E-state index in [9.17, 15) is 14.9 Å². The Kier molecular flexibility index (Phi) is 4.32. The zero-order chi connectivity index (χ0) is 15.4. The number of carbonyl (C=O) groups excluding carboxylic acids is 1. The van der Waals surface area contributed by atoms with E-state index in [4.69, 9.17) is 0 Å². The minimum absolute atomic E-state index is 0.0448. The van der Waals surface area contributed by atoms with Gasteiger partial charge in [-0.15, -0.1) is 0 Å². The Bertz CT molecular complexity index is 651. The molecule has 110 valence electrons. The molecular weight excluding hydrogens is 272 g/mol. The molecule has 0 radical (unpaired) electrons. The molecule has 7 heteroatoms. The summed E-state index contributed by atoms with van der Waals surface area (Å²) in [5.41, 5.74) is 1.57. The summed E-state index contributed by atoms with van der Waals surface area (Å²) in [7, 11) is 0. The maximum absolute atomic E-state index is 12.0. The minimum Gasteiger partial charge on any atom is -0.358 e. The Morgan fingerprint density at radius 2 is 2.10 bits per heavy atom. The van der Waals surface area contributed by atoms with E-state index in [1.54, 1.807) is 6.92 Å². The van der Waals surface area contributed by atoms with Crippen molar-refractivity contribution in [2.24, 2.45) is 0 Å². The van der Waals surface area contributed by atoms with E-state index in [0.717, 1.165) is 5.56 Å². The van der Waals surface area contributed by atoms with Crippen LogP contribution in [-0.4, -0.2) is 20.6 Å². The highest BCUT2D eigenvalue weighted by atomic mass is 16.6. The molecule has 0 aliphatic carbocycles. The van der Waals surface area contributed by atoms with Gasteiger partial charge in [-0.05, 0) is 24.3 Å². The second-order valence-corrected chi connectivity index (χ2v) is 4.76. The smallest absolute Gasteiger partial charge is 0.358 e. The zero-order valence-electron chi connectivity index (χ0n) is 11.8. The van der Waals surface area contributed by atoms with Gasteiger partial charge in [0, 0.05) is 0 Å². The van der Waals surface area contributed by atoms with Crippen LogP contribution in [0.2, 0.25) is 0 Å². The van der Waals surface area contributed by atoms with Crippen molar-refractivity contribution in [1.29, 1.82) is 0 Å². The number of nitrogens with zero attached hydrogens (tertiary/aromatic N) is 3. The molecule has 1 aromatic heterocycles. The molecule has 0 saturated carbocycles. The molecule has 0 fully saturated rings. The van der Waals surface area contributed by atoms with Crippen LogP contribution in [0.4, 0.5) is 5.82 Å². The minimum atomic E-state index is -0.575. The molecule has 0 bridgehead atoms. The number of carbonyl (C=O) groups is 1. The van der Waals surface area contributed by atoms with Gasteiger partial charge in [-0.1, -0.05) is 30.3 Å². The molecule has 2 aromatic rings. The summed E-state index contributed by atoms with van der Waals surface area (Å²) in [6.07, 6.45) is 0. The first kappa shape index (κ1) is 14.7. The van der Waals surface area contributed by atoms with Gasteiger partial charge in [0.15, 0.2) is 0 Å². The predicted molar refractivity (Wildman–Crippen MR) is 76.6 cm³/mol. The summed E-state index contributed by atoms with van der Waals surface area (Å²) in [4.78, 5) is 22.1. The van der Waals surface area contributed by atoms with E-state index in [-0.39, 0.29) is 24.3 Å². The summed E-state index contributed by atoms with van der Waals surface area (Å²) < 4.78 is 1.32. The van der Waals surface area contributed by atoms with E-state index in [0.29, 0.717) is 5.69 Å². The van der Waals surface area contributed by atoms with Crippen LogP contribution in [0.25, 0.3) is 0 Å². The largest absolute Gasteiger partial charge is 0.390 e. The summed E-state index contributed by atoms with van der Waals surface area (Å²) in [6.45, 7) is 3.51. The lowest BCUT2D eigenvalue weighted by Gasteiger charge is -2.13. The van der Waals surface area contributed by atoms with Crippen molar-refractivity contribution in [1.82, 2.24) is 15.1 Å². The zero-order valence-corrected chi connectivity index (χ0v) is 11.8. The molecule has 0 aliphatic rings. The molecule has 0 aliphatic heterocycles. The first-order valence-electron chi connectivity index (χ1n) is 6.50. The molecular formula is C14H16N4O3. The summed E-state index contributed by atoms with van der Waals surface area (Å²) in [5.74, 6) is -0.496. The fraction of sp³-hybridized carbons (Fsp3) is 0.286. The van der Waals surface area contributed by atoms with Crippen LogP contribution < -0.4 is 5.32 Å². The summed E-state index contributed by atoms with van der Waals surface area (Å²) in [6, 6.07) is 10.8. The Morgan fingerprint density at radius 3 is 2.67 bits per heavy atom. The third-order valence-corrected chi connectivity index (χ3v) is 3.13. The van der Waals surface area contributed by atoms with Crippen molar-refractivity contribution >= 4 is 11.7 Å². The maximum Gasteiger partial charge on any atom is 0.390 e. The van der Waals surface area contributed by atoms with Crippen LogP contribution >= 0.6 is 0 Å². The number of hydrogen-bond donors (Lipinski definition) is 1. The highest BCUT2D eigenvalue weighted by Gasteiger charge is 2.18. The number of aromatic nitrogens is 2. The first-order chi connectivity index (χ1) is 9.97. The molecule has 1 aromatic carbocycles. The Morgan fingerprint density at radius 1 is 1.43 bits per heavy atom. The molecule has 1 amide bonds. The van der Waals surface area contributed by atoms with Crippen molar-refractivity contribution in [2.75, 3.05) is 0 Å². The Labute approximate surface area is 121 Å². The van der Waals surface area contributed by atoms with Gasteiger partial charge in [-0.25, -0.2) is 0 Å². The van der Waals surface area contributed by atoms with Gasteiger partial charge in [0.05, 0.1) is 22.9 Å². The number of nitrogens with one attached hydrogen (secondary N) is 1. The van der Waals surface area contributed by atoms with Gasteiger partial charge in [-0.2, -0.15) is 4.68 Å². The molecule has 1 N–H and O–H groups in total. The molecule has 1 heterocycles. The lowest BCUT2D eigenvalue weighted by molar-refractivity contribution is -0.389. The number of nitro groups is 1. The molecule has 0 spiro atoms. The van der Waals surface area contributed by atoms with Crippen molar-refractivity contribution in [3.63, 3.8) is 0 Å². The Hall–Kier alpha value is -2.70. The fourth-order valence-electron chi connectivity index (χ4n) is 1.99. The quantitative estimate of drug-likeness (QED) is 0.672. The van der Waals surface area contributed by atoms with Crippen LogP contribution in [0.5, 0.6) is 0 Å². The average Bonchev–Trinajstić information content (AvgIpc) is 2.81. The standard InChI is InChI=1S/C14H16N4O3/c1-10-8-13(18(20)21)16-17(10)9-14(19)15-11(2)12-6-4-3-5-7-12/h3-8,11H,9H2,1-2H3,(H,15,19)/t11-/m0/s1. The van der Waals surface area contributed by atoms with Crippen LogP contribution in [0.3, 0.4) is 0 Å². The third kappa shape index (κ3) is 3.65. The van der Waals surface area contributed by atoms with Gasteiger partial charge in [0.25, 0.3) is 0 Å². The first-order valence-corrected chi connectivity index (χ1v) is 6.50. The predicted octanol–water partition coefficient (Wildman–Crippen LogP) is 1.98. The number of aryl methyl sites for hydroxylation is 1. The topological polar surface area (TPSA) is 90.1 Å². The van der Waals surface area contributed by atoms with Gasteiger partial charge in [-0.3, -0.25) is 4.79 Å². The highest BCUT2D eigenvalue weighted by molar-refractivity contribution is 5.76. The van der Waals surface area contributed by atoms with Crippen LogP contribution in [0.1, 0.15) is 24.2 Å². The van der Waals surface area contributed by atoms with Crippen molar-refractivity contribution in [3.05, 3.63) is 57.8 Å². The fourth-order valence-corrected chi connectivity index (χ4v) is 1.99. The molecule has 2 rings (SSSR count). The Balaban J connectivity index is 2.00. The molecule has 0 saturated heterocycles. The normalized spacial score (nSPS) is 11.9. The highest BCUT2D eigenvalue weighted by Crippen LogP contribution is 2.13. The van der Waals surface area contributed by atoms with Crippen molar-refractivity contribution < 1.29 is 9.72 Å². The number of amides is 1. The average molecular weight is 288 g/mol. The van der Waals surface area contributed by atoms with E-state index in [1.165, 1.54) is 10.7 Å². The lowest BCUT2D eigenvalue weighted by atomic mass is 10.1. The van der Waals surface area contributed by atoms with Crippen molar-refractivity contribution in [2.45, 2.75) is 26.4 Å². The van der Waals surface area contributed by atoms with Gasteiger partial charge in [0.1, 0.15) is 6.54 Å². The SMILES string of the molecule is Cc1cc([N+](=O)[O-])nn1CC(=O)N[C@@H](C)c1ccccc1. The second-order valence-electron chi connectivity index (χ2n) is 4.76. The monoisotopic (exact) mass is 288 g/mol. The van der Waals surface area contributed by atoms with E-state index in [2.05, 4.69) is 10.4 Å². The summed E-state index contributed by atoms with van der Waals surface area (Å²) in [5, 5.41) is 17.3. The molecule has 0 unspecified atom stereocenters. The van der Waals surface area contributed by atoms with Crippen LogP contribution in [0, 0.1) is 17.0 Å². The number of hydrogen-bond acceptors (Lipinski definition) is 4. The van der Waals surface area contributed by atoms with Crippen LogP contribution in [-0.2, 0) is 11.3 Å². The van der Waals surface area contributed by atoms with Gasteiger partial charge >= 0.3 is 5.82 Å². The summed E-state index contributed by atoms with van der Waals surface area (Å²) >= 11 is 0. The van der Waals surface area contributed by atoms with E-state index >= 15 is 0 Å². The lowest BCUT2D eigenvalue weighted by Crippen LogP contribution is -2.30. The number of benzene rings is 1. The third-order valence-electron chi connectivity index (χ3n) is 3.13. The molecule has 21 heavy (non-hydrogen) atoms. The van der Waals surface area contributed by atoms with Gasteiger partial charge < -0.3 is 15.4 Å². The van der Waals surface area contributed by atoms with E-state index < -0.39 is 4.92 Å². The van der Waals surface area contributed by atoms with Crippen LogP contribution in [0.15, 0.2) is 36.4 Å².